The number of amides is 1. The van der Waals surface area contributed by atoms with E-state index in [1.807, 2.05) is 29.2 Å². The highest BCUT2D eigenvalue weighted by Crippen LogP contribution is 2.22. The van der Waals surface area contributed by atoms with Crippen LogP contribution in [0.3, 0.4) is 0 Å². The SMILES string of the molecule is C#CCN(CC#CC)CC(=O)Nc1ccc(N2C[C@H](C)O[C@@H](C)C2)cc1. The summed E-state index contributed by atoms with van der Waals surface area (Å²) in [5.74, 6) is 8.22. The average Bonchev–Trinajstić information content (AvgIpc) is 2.59. The van der Waals surface area contributed by atoms with Gasteiger partial charge in [-0.1, -0.05) is 11.8 Å². The standard InChI is InChI=1S/C21H27N3O2/c1-5-7-13-23(12-6-2)16-21(25)22-19-8-10-20(11-9-19)24-14-17(3)26-18(4)15-24/h2,8-11,17-18H,12-16H2,1,3-4H3,(H,22,25)/t17-,18-/m0/s1. The predicted octanol–water partition coefficient (Wildman–Crippen LogP) is 2.20. The Morgan fingerprint density at radius 1 is 1.27 bits per heavy atom. The number of ether oxygens (including phenoxy) is 1. The van der Waals surface area contributed by atoms with Crippen LogP contribution in [0.2, 0.25) is 0 Å². The summed E-state index contributed by atoms with van der Waals surface area (Å²) in [5.41, 5.74) is 1.91. The molecule has 1 N–H and O–H groups in total. The molecule has 0 radical (unpaired) electrons. The van der Waals surface area contributed by atoms with Crippen LogP contribution in [0.1, 0.15) is 20.8 Å². The minimum absolute atomic E-state index is 0.0977. The highest BCUT2D eigenvalue weighted by molar-refractivity contribution is 5.92. The van der Waals surface area contributed by atoms with Crippen LogP contribution in [0, 0.1) is 24.2 Å². The Bertz CT molecular complexity index is 687. The lowest BCUT2D eigenvalue weighted by molar-refractivity contribution is -0.117. The first-order chi connectivity index (χ1) is 12.5. The normalized spacial score (nSPS) is 19.4. The van der Waals surface area contributed by atoms with Gasteiger partial charge in [-0.15, -0.1) is 12.3 Å². The highest BCUT2D eigenvalue weighted by Gasteiger charge is 2.22. The van der Waals surface area contributed by atoms with Gasteiger partial charge in [-0.05, 0) is 45.0 Å². The number of hydrogen-bond acceptors (Lipinski definition) is 4. The molecular weight excluding hydrogens is 326 g/mol. The molecule has 0 aromatic heterocycles. The van der Waals surface area contributed by atoms with Gasteiger partial charge in [0.2, 0.25) is 5.91 Å². The van der Waals surface area contributed by atoms with Crippen molar-refractivity contribution in [3.63, 3.8) is 0 Å². The van der Waals surface area contributed by atoms with E-state index in [0.29, 0.717) is 13.1 Å². The molecule has 26 heavy (non-hydrogen) atoms. The Morgan fingerprint density at radius 2 is 1.92 bits per heavy atom. The van der Waals surface area contributed by atoms with Crippen LogP contribution in [0.5, 0.6) is 0 Å². The average molecular weight is 353 g/mol. The summed E-state index contributed by atoms with van der Waals surface area (Å²) in [6.45, 7) is 8.79. The van der Waals surface area contributed by atoms with Crippen molar-refractivity contribution in [2.45, 2.75) is 33.0 Å². The maximum atomic E-state index is 12.2. The summed E-state index contributed by atoms with van der Waals surface area (Å²) in [7, 11) is 0. The van der Waals surface area contributed by atoms with Gasteiger partial charge in [0, 0.05) is 24.5 Å². The number of nitrogens with one attached hydrogen (secondary N) is 1. The van der Waals surface area contributed by atoms with E-state index < -0.39 is 0 Å². The van der Waals surface area contributed by atoms with Gasteiger partial charge >= 0.3 is 0 Å². The van der Waals surface area contributed by atoms with E-state index >= 15 is 0 Å². The topological polar surface area (TPSA) is 44.8 Å². The van der Waals surface area contributed by atoms with E-state index in [2.05, 4.69) is 41.8 Å². The summed E-state index contributed by atoms with van der Waals surface area (Å²) in [6.07, 6.45) is 5.78. The third-order valence-corrected chi connectivity index (χ3v) is 4.10. The Morgan fingerprint density at radius 3 is 2.50 bits per heavy atom. The van der Waals surface area contributed by atoms with Crippen molar-refractivity contribution < 1.29 is 9.53 Å². The van der Waals surface area contributed by atoms with E-state index in [-0.39, 0.29) is 24.7 Å². The number of hydrogen-bond donors (Lipinski definition) is 1. The molecule has 0 bridgehead atoms. The van der Waals surface area contributed by atoms with Crippen molar-refractivity contribution in [1.29, 1.82) is 0 Å². The van der Waals surface area contributed by atoms with Crippen molar-refractivity contribution in [2.75, 3.05) is 42.9 Å². The smallest absolute Gasteiger partial charge is 0.238 e. The molecule has 0 aliphatic carbocycles. The molecule has 1 heterocycles. The van der Waals surface area contributed by atoms with Crippen LogP contribution >= 0.6 is 0 Å². The molecule has 1 saturated heterocycles. The molecule has 1 fully saturated rings. The fraction of sp³-hybridized carbons (Fsp3) is 0.476. The van der Waals surface area contributed by atoms with Crippen molar-refractivity contribution in [3.05, 3.63) is 24.3 Å². The minimum Gasteiger partial charge on any atom is -0.372 e. The second-order valence-corrected chi connectivity index (χ2v) is 6.53. The summed E-state index contributed by atoms with van der Waals surface area (Å²) >= 11 is 0. The quantitative estimate of drug-likeness (QED) is 0.797. The van der Waals surface area contributed by atoms with E-state index in [4.69, 9.17) is 11.2 Å². The van der Waals surface area contributed by atoms with Gasteiger partial charge in [-0.3, -0.25) is 9.69 Å². The molecule has 1 amide bonds. The van der Waals surface area contributed by atoms with Crippen LogP contribution in [0.25, 0.3) is 0 Å². The third kappa shape index (κ3) is 6.11. The maximum absolute atomic E-state index is 12.2. The zero-order chi connectivity index (χ0) is 18.9. The van der Waals surface area contributed by atoms with Gasteiger partial charge in [0.1, 0.15) is 0 Å². The zero-order valence-corrected chi connectivity index (χ0v) is 15.8. The Kier molecular flexibility index (Phi) is 7.53. The summed E-state index contributed by atoms with van der Waals surface area (Å²) in [6, 6.07) is 7.91. The van der Waals surface area contributed by atoms with Crippen molar-refractivity contribution in [3.8, 4) is 24.2 Å². The number of rotatable bonds is 6. The van der Waals surface area contributed by atoms with Gasteiger partial charge in [0.05, 0.1) is 31.8 Å². The number of morpholine rings is 1. The fourth-order valence-electron chi connectivity index (χ4n) is 3.04. The lowest BCUT2D eigenvalue weighted by Gasteiger charge is -2.36. The Hall–Kier alpha value is -2.47. The molecule has 1 aliphatic heterocycles. The monoisotopic (exact) mass is 353 g/mol. The molecule has 1 aromatic carbocycles. The zero-order valence-electron chi connectivity index (χ0n) is 15.8. The van der Waals surface area contributed by atoms with Crippen LogP contribution in [0.4, 0.5) is 11.4 Å². The van der Waals surface area contributed by atoms with E-state index in [1.54, 1.807) is 6.92 Å². The highest BCUT2D eigenvalue weighted by atomic mass is 16.5. The van der Waals surface area contributed by atoms with Crippen molar-refractivity contribution in [1.82, 2.24) is 4.90 Å². The second kappa shape index (κ2) is 9.87. The van der Waals surface area contributed by atoms with Gasteiger partial charge in [0.25, 0.3) is 0 Å². The molecule has 0 saturated carbocycles. The first-order valence-electron chi connectivity index (χ1n) is 8.87. The number of benzene rings is 1. The summed E-state index contributed by atoms with van der Waals surface area (Å²) < 4.78 is 5.77. The Labute approximate surface area is 156 Å². The lowest BCUT2D eigenvalue weighted by atomic mass is 10.2. The first kappa shape index (κ1) is 19.8. The molecule has 1 aliphatic rings. The number of terminal acetylenes is 1. The van der Waals surface area contributed by atoms with Crippen molar-refractivity contribution in [2.24, 2.45) is 0 Å². The van der Waals surface area contributed by atoms with Crippen LogP contribution in [0.15, 0.2) is 24.3 Å². The van der Waals surface area contributed by atoms with Crippen molar-refractivity contribution >= 4 is 17.3 Å². The summed E-state index contributed by atoms with van der Waals surface area (Å²) in [4.78, 5) is 16.4. The lowest BCUT2D eigenvalue weighted by Crippen LogP contribution is -2.45. The predicted molar refractivity (Wildman–Crippen MR) is 106 cm³/mol. The molecule has 0 spiro atoms. The van der Waals surface area contributed by atoms with E-state index in [9.17, 15) is 4.79 Å². The molecule has 5 heteroatoms. The van der Waals surface area contributed by atoms with E-state index in [1.165, 1.54) is 0 Å². The number of anilines is 2. The van der Waals surface area contributed by atoms with Gasteiger partial charge in [-0.25, -0.2) is 0 Å². The van der Waals surface area contributed by atoms with Gasteiger partial charge in [-0.2, -0.15) is 0 Å². The molecule has 5 nitrogen and oxygen atoms in total. The van der Waals surface area contributed by atoms with Crippen LogP contribution in [-0.2, 0) is 9.53 Å². The number of carbonyl (C=O) groups is 1. The molecule has 138 valence electrons. The maximum Gasteiger partial charge on any atom is 0.238 e. The van der Waals surface area contributed by atoms with Gasteiger partial charge in [0.15, 0.2) is 0 Å². The van der Waals surface area contributed by atoms with Crippen LogP contribution < -0.4 is 10.2 Å². The number of nitrogens with zero attached hydrogens (tertiary/aromatic N) is 2. The minimum atomic E-state index is -0.0977. The molecule has 0 unspecified atom stereocenters. The first-order valence-corrected chi connectivity index (χ1v) is 8.87. The molecule has 2 rings (SSSR count). The molecule has 2 atom stereocenters. The molecule has 1 aromatic rings. The third-order valence-electron chi connectivity index (χ3n) is 4.10. The number of carbonyl (C=O) groups excluding carboxylic acids is 1. The Balaban J connectivity index is 1.92. The van der Waals surface area contributed by atoms with Gasteiger partial charge < -0.3 is 15.0 Å². The van der Waals surface area contributed by atoms with E-state index in [0.717, 1.165) is 24.5 Å². The fourth-order valence-corrected chi connectivity index (χ4v) is 3.04. The molecular formula is C21H27N3O2. The second-order valence-electron chi connectivity index (χ2n) is 6.53. The summed E-state index contributed by atoms with van der Waals surface area (Å²) in [5, 5.41) is 2.91. The van der Waals surface area contributed by atoms with Crippen LogP contribution in [-0.4, -0.2) is 55.7 Å². The largest absolute Gasteiger partial charge is 0.372 e.